The third-order valence-corrected chi connectivity index (χ3v) is 6.34. The summed E-state index contributed by atoms with van der Waals surface area (Å²) in [5, 5.41) is 2.98. The zero-order valence-corrected chi connectivity index (χ0v) is 22.9. The van der Waals surface area contributed by atoms with Crippen molar-refractivity contribution in [2.45, 2.75) is 45.8 Å². The summed E-state index contributed by atoms with van der Waals surface area (Å²) < 4.78 is 14.8. The van der Waals surface area contributed by atoms with E-state index in [2.05, 4.69) is 9.69 Å². The fraction of sp³-hybridized carbons (Fsp3) is 0.333. The SMILES string of the molecule is CCOc1ccc([C@H](C(=O)NC(C)(C)C)N(Cc2ccc(OC)cc2)C(=O)c2snc(C(N)=O)c2N)cc1. The van der Waals surface area contributed by atoms with Gasteiger partial charge in [-0.15, -0.1) is 0 Å². The number of methoxy groups -OCH3 is 1. The van der Waals surface area contributed by atoms with Crippen LogP contribution in [0.5, 0.6) is 11.5 Å². The second-order valence-corrected chi connectivity index (χ2v) is 10.3. The number of rotatable bonds is 10. The van der Waals surface area contributed by atoms with Crippen molar-refractivity contribution < 1.29 is 23.9 Å². The number of nitrogens with one attached hydrogen (secondary N) is 1. The molecule has 11 heteroatoms. The van der Waals surface area contributed by atoms with Crippen LogP contribution in [0.4, 0.5) is 5.69 Å². The van der Waals surface area contributed by atoms with Crippen molar-refractivity contribution >= 4 is 34.9 Å². The fourth-order valence-electron chi connectivity index (χ4n) is 3.79. The molecular weight excluding hydrogens is 506 g/mol. The highest BCUT2D eigenvalue weighted by molar-refractivity contribution is 7.09. The Bertz CT molecular complexity index is 1280. The number of amides is 3. The van der Waals surface area contributed by atoms with Crippen LogP contribution in [0.25, 0.3) is 0 Å². The van der Waals surface area contributed by atoms with E-state index in [-0.39, 0.29) is 28.7 Å². The van der Waals surface area contributed by atoms with Crippen LogP contribution in [0.3, 0.4) is 0 Å². The van der Waals surface area contributed by atoms with Gasteiger partial charge in [-0.3, -0.25) is 14.4 Å². The number of nitrogen functional groups attached to an aromatic ring is 1. The summed E-state index contributed by atoms with van der Waals surface area (Å²) in [7, 11) is 1.56. The average molecular weight is 540 g/mol. The molecule has 3 aromatic rings. The van der Waals surface area contributed by atoms with E-state index in [4.69, 9.17) is 20.9 Å². The number of nitrogens with two attached hydrogens (primary N) is 2. The minimum atomic E-state index is -1.04. The van der Waals surface area contributed by atoms with E-state index in [9.17, 15) is 14.4 Å². The molecule has 0 spiro atoms. The van der Waals surface area contributed by atoms with Crippen LogP contribution >= 0.6 is 11.5 Å². The van der Waals surface area contributed by atoms with E-state index in [1.54, 1.807) is 55.6 Å². The molecule has 0 saturated heterocycles. The monoisotopic (exact) mass is 539 g/mol. The number of nitrogens with zero attached hydrogens (tertiary/aromatic N) is 2. The Morgan fingerprint density at radius 2 is 1.66 bits per heavy atom. The minimum Gasteiger partial charge on any atom is -0.497 e. The minimum absolute atomic E-state index is 0.0202. The Labute approximate surface area is 226 Å². The largest absolute Gasteiger partial charge is 0.497 e. The van der Waals surface area contributed by atoms with Gasteiger partial charge in [-0.2, -0.15) is 4.37 Å². The molecule has 2 aromatic carbocycles. The first-order valence-electron chi connectivity index (χ1n) is 12.0. The molecule has 0 radical (unpaired) electrons. The summed E-state index contributed by atoms with van der Waals surface area (Å²) in [4.78, 5) is 41.0. The van der Waals surface area contributed by atoms with E-state index in [0.717, 1.165) is 17.1 Å². The lowest BCUT2D eigenvalue weighted by Crippen LogP contribution is -2.49. The second kappa shape index (κ2) is 12.0. The lowest BCUT2D eigenvalue weighted by Gasteiger charge is -2.33. The van der Waals surface area contributed by atoms with Gasteiger partial charge in [0.2, 0.25) is 5.91 Å². The van der Waals surface area contributed by atoms with Crippen LogP contribution in [0.2, 0.25) is 0 Å². The van der Waals surface area contributed by atoms with Crippen LogP contribution in [0.1, 0.15) is 65.0 Å². The smallest absolute Gasteiger partial charge is 0.270 e. The van der Waals surface area contributed by atoms with Gasteiger partial charge in [0.1, 0.15) is 22.4 Å². The van der Waals surface area contributed by atoms with Gasteiger partial charge in [0.05, 0.1) is 19.4 Å². The van der Waals surface area contributed by atoms with E-state index in [1.165, 1.54) is 4.90 Å². The maximum atomic E-state index is 14.0. The van der Waals surface area contributed by atoms with Crippen LogP contribution < -0.4 is 26.3 Å². The lowest BCUT2D eigenvalue weighted by atomic mass is 10.00. The molecule has 10 nitrogen and oxygen atoms in total. The quantitative estimate of drug-likeness (QED) is 0.357. The molecule has 0 fully saturated rings. The molecule has 3 rings (SSSR count). The molecule has 0 unspecified atom stereocenters. The number of benzene rings is 2. The predicted octanol–water partition coefficient (Wildman–Crippen LogP) is 3.53. The molecule has 0 saturated carbocycles. The Hall–Kier alpha value is -4.12. The van der Waals surface area contributed by atoms with Crippen molar-refractivity contribution in [1.29, 1.82) is 0 Å². The average Bonchev–Trinajstić information content (AvgIpc) is 3.25. The van der Waals surface area contributed by atoms with Crippen molar-refractivity contribution in [3.8, 4) is 11.5 Å². The standard InChI is InChI=1S/C27H33N5O5S/c1-6-37-19-13-9-17(10-14-19)22(25(34)30-27(2,3)4)32(15-16-7-11-18(36-5)12-8-16)26(35)23-20(28)21(24(29)33)31-38-23/h7-14,22H,6,15,28H2,1-5H3,(H2,29,33)(H,30,34)/t22-/m1/s1. The van der Waals surface area contributed by atoms with Gasteiger partial charge in [-0.25, -0.2) is 0 Å². The van der Waals surface area contributed by atoms with E-state index < -0.39 is 23.4 Å². The Morgan fingerprint density at radius 1 is 1.05 bits per heavy atom. The zero-order chi connectivity index (χ0) is 28.0. The molecule has 1 aromatic heterocycles. The summed E-state index contributed by atoms with van der Waals surface area (Å²) in [6.45, 7) is 7.99. The third-order valence-electron chi connectivity index (χ3n) is 5.49. The summed E-state index contributed by atoms with van der Waals surface area (Å²) in [5.74, 6) is -0.504. The topological polar surface area (TPSA) is 150 Å². The van der Waals surface area contributed by atoms with Gasteiger partial charge in [-0.05, 0) is 74.6 Å². The number of aromatic nitrogens is 1. The molecular formula is C27H33N5O5S. The lowest BCUT2D eigenvalue weighted by molar-refractivity contribution is -0.127. The number of anilines is 1. The van der Waals surface area contributed by atoms with Gasteiger partial charge < -0.3 is 31.2 Å². The number of ether oxygens (including phenoxy) is 2. The predicted molar refractivity (Wildman–Crippen MR) is 146 cm³/mol. The van der Waals surface area contributed by atoms with Crippen LogP contribution in [0, 0.1) is 0 Å². The third kappa shape index (κ3) is 6.80. The molecule has 38 heavy (non-hydrogen) atoms. The number of hydrogen-bond acceptors (Lipinski definition) is 8. The molecule has 0 aliphatic rings. The molecule has 202 valence electrons. The van der Waals surface area contributed by atoms with Crippen molar-refractivity contribution in [1.82, 2.24) is 14.6 Å². The molecule has 0 aliphatic carbocycles. The van der Waals surface area contributed by atoms with Crippen molar-refractivity contribution in [3.05, 3.63) is 70.2 Å². The van der Waals surface area contributed by atoms with Crippen LogP contribution in [-0.2, 0) is 11.3 Å². The number of carbonyl (C=O) groups is 3. The Balaban J connectivity index is 2.15. The van der Waals surface area contributed by atoms with Gasteiger partial charge in [0.15, 0.2) is 5.69 Å². The summed E-state index contributed by atoms with van der Waals surface area (Å²) in [6.07, 6.45) is 0. The highest BCUT2D eigenvalue weighted by Crippen LogP contribution is 2.31. The second-order valence-electron chi connectivity index (χ2n) is 9.56. The first-order valence-corrected chi connectivity index (χ1v) is 12.8. The van der Waals surface area contributed by atoms with E-state index >= 15 is 0 Å². The highest BCUT2D eigenvalue weighted by atomic mass is 32.1. The zero-order valence-electron chi connectivity index (χ0n) is 22.1. The molecule has 0 aliphatic heterocycles. The molecule has 0 bridgehead atoms. The first-order chi connectivity index (χ1) is 17.9. The van der Waals surface area contributed by atoms with Crippen molar-refractivity contribution in [3.63, 3.8) is 0 Å². The Kier molecular flexibility index (Phi) is 8.95. The van der Waals surface area contributed by atoms with Gasteiger partial charge in [-0.1, -0.05) is 24.3 Å². The molecule has 3 amide bonds. The van der Waals surface area contributed by atoms with E-state index in [0.29, 0.717) is 23.7 Å². The summed E-state index contributed by atoms with van der Waals surface area (Å²) >= 11 is 0.765. The van der Waals surface area contributed by atoms with Gasteiger partial charge >= 0.3 is 0 Å². The summed E-state index contributed by atoms with van der Waals surface area (Å²) in [5.41, 5.74) is 11.9. The van der Waals surface area contributed by atoms with Gasteiger partial charge in [0, 0.05) is 12.1 Å². The van der Waals surface area contributed by atoms with E-state index in [1.807, 2.05) is 27.7 Å². The highest BCUT2D eigenvalue weighted by Gasteiger charge is 2.36. The van der Waals surface area contributed by atoms with Crippen LogP contribution in [-0.4, -0.2) is 46.3 Å². The summed E-state index contributed by atoms with van der Waals surface area (Å²) in [6, 6.07) is 13.1. The number of carbonyl (C=O) groups excluding carboxylic acids is 3. The number of hydrogen-bond donors (Lipinski definition) is 3. The Morgan fingerprint density at radius 3 is 2.16 bits per heavy atom. The van der Waals surface area contributed by atoms with Gasteiger partial charge in [0.25, 0.3) is 11.8 Å². The first kappa shape index (κ1) is 28.5. The maximum absolute atomic E-state index is 14.0. The maximum Gasteiger partial charge on any atom is 0.270 e. The molecule has 1 atom stereocenters. The van der Waals surface area contributed by atoms with Crippen molar-refractivity contribution in [2.24, 2.45) is 5.73 Å². The fourth-order valence-corrected chi connectivity index (χ4v) is 4.55. The molecule has 1 heterocycles. The van der Waals surface area contributed by atoms with Crippen LogP contribution in [0.15, 0.2) is 48.5 Å². The molecule has 5 N–H and O–H groups in total. The van der Waals surface area contributed by atoms with Crippen molar-refractivity contribution in [2.75, 3.05) is 19.5 Å². The number of primary amides is 1. The normalized spacial score (nSPS) is 11.9.